The number of hydrogen-bond acceptors (Lipinski definition) is 7. The third-order valence-corrected chi connectivity index (χ3v) is 3.17. The summed E-state index contributed by atoms with van der Waals surface area (Å²) < 4.78 is 0. The number of aromatic nitrogens is 2. The lowest BCUT2D eigenvalue weighted by atomic mass is 10.4. The number of anilines is 2. The molecule has 1 aromatic rings. The Hall–Kier alpha value is -2.45. The molecule has 1 fully saturated rings. The Balaban J connectivity index is 2.07. The van der Waals surface area contributed by atoms with Crippen molar-refractivity contribution in [2.75, 3.05) is 36.8 Å². The van der Waals surface area contributed by atoms with E-state index in [1.165, 1.54) is 0 Å². The van der Waals surface area contributed by atoms with Crippen LogP contribution in [-0.4, -0.2) is 51.9 Å². The third-order valence-electron chi connectivity index (χ3n) is 3.17. The number of nitrogens with one attached hydrogen (secondary N) is 2. The van der Waals surface area contributed by atoms with Crippen LogP contribution in [0, 0.1) is 10.1 Å². The largest absolute Gasteiger partial charge is 0.355 e. The van der Waals surface area contributed by atoms with Crippen molar-refractivity contribution in [1.29, 1.82) is 0 Å². The van der Waals surface area contributed by atoms with Crippen LogP contribution in [0.3, 0.4) is 0 Å². The number of nitrogens with zero attached hydrogens (tertiary/aromatic N) is 4. The maximum atomic E-state index is 11.9. The van der Waals surface area contributed by atoms with E-state index in [1.807, 2.05) is 6.92 Å². The van der Waals surface area contributed by atoms with Gasteiger partial charge in [0.2, 0.25) is 17.7 Å². The summed E-state index contributed by atoms with van der Waals surface area (Å²) in [6, 6.07) is 0. The molecule has 0 bridgehead atoms. The van der Waals surface area contributed by atoms with Crippen molar-refractivity contribution in [3.63, 3.8) is 0 Å². The van der Waals surface area contributed by atoms with E-state index >= 15 is 0 Å². The van der Waals surface area contributed by atoms with Gasteiger partial charge in [-0.3, -0.25) is 14.9 Å². The van der Waals surface area contributed by atoms with Crippen molar-refractivity contribution in [3.05, 3.63) is 16.3 Å². The van der Waals surface area contributed by atoms with Crippen LogP contribution in [0.15, 0.2) is 6.20 Å². The Morgan fingerprint density at radius 1 is 1.43 bits per heavy atom. The fourth-order valence-corrected chi connectivity index (χ4v) is 2.12. The predicted octanol–water partition coefficient (Wildman–Crippen LogP) is 0.851. The lowest BCUT2D eigenvalue weighted by Gasteiger charge is -2.15. The summed E-state index contributed by atoms with van der Waals surface area (Å²) >= 11 is 0. The van der Waals surface area contributed by atoms with E-state index < -0.39 is 4.92 Å². The summed E-state index contributed by atoms with van der Waals surface area (Å²) in [5.41, 5.74) is -0.245. The Morgan fingerprint density at radius 3 is 2.76 bits per heavy atom. The second-order valence-electron chi connectivity index (χ2n) is 4.66. The molecule has 0 spiro atoms. The highest BCUT2D eigenvalue weighted by molar-refractivity contribution is 5.81. The normalized spacial score (nSPS) is 14.0. The molecule has 21 heavy (non-hydrogen) atoms. The smallest absolute Gasteiger partial charge is 0.329 e. The summed E-state index contributed by atoms with van der Waals surface area (Å²) in [5.74, 6) is 0.267. The van der Waals surface area contributed by atoms with Gasteiger partial charge in [0.05, 0.1) is 11.5 Å². The van der Waals surface area contributed by atoms with Crippen molar-refractivity contribution in [3.8, 4) is 0 Å². The van der Waals surface area contributed by atoms with Crippen LogP contribution in [0.4, 0.5) is 17.5 Å². The van der Waals surface area contributed by atoms with Crippen molar-refractivity contribution < 1.29 is 9.72 Å². The van der Waals surface area contributed by atoms with Gasteiger partial charge in [0, 0.05) is 19.6 Å². The van der Waals surface area contributed by atoms with Crippen LogP contribution in [-0.2, 0) is 4.79 Å². The zero-order chi connectivity index (χ0) is 15.2. The summed E-state index contributed by atoms with van der Waals surface area (Å²) in [6.45, 7) is 3.95. The van der Waals surface area contributed by atoms with E-state index in [4.69, 9.17) is 0 Å². The minimum Gasteiger partial charge on any atom is -0.355 e. The van der Waals surface area contributed by atoms with Gasteiger partial charge in [0.1, 0.15) is 6.20 Å². The molecule has 0 aromatic carbocycles. The van der Waals surface area contributed by atoms with E-state index in [1.54, 1.807) is 4.90 Å². The molecule has 1 aromatic heterocycles. The number of hydrogen-bond donors (Lipinski definition) is 2. The second kappa shape index (κ2) is 6.82. The number of carbonyl (C=O) groups excluding carboxylic acids is 1. The van der Waals surface area contributed by atoms with Crippen LogP contribution < -0.4 is 10.6 Å². The van der Waals surface area contributed by atoms with Crippen molar-refractivity contribution in [2.45, 2.75) is 19.8 Å². The molecule has 2 N–H and O–H groups in total. The number of carbonyl (C=O) groups is 1. The van der Waals surface area contributed by atoms with Crippen molar-refractivity contribution >= 4 is 23.4 Å². The predicted molar refractivity (Wildman–Crippen MR) is 77.2 cm³/mol. The fourth-order valence-electron chi connectivity index (χ4n) is 2.12. The minimum atomic E-state index is -0.571. The number of nitro groups is 1. The minimum absolute atomic E-state index is 0.0105. The molecule has 1 aliphatic heterocycles. The Labute approximate surface area is 121 Å². The van der Waals surface area contributed by atoms with E-state index in [-0.39, 0.29) is 24.0 Å². The van der Waals surface area contributed by atoms with Gasteiger partial charge in [0.15, 0.2) is 0 Å². The average molecular weight is 294 g/mol. The molecule has 1 aliphatic rings. The first-order valence-electron chi connectivity index (χ1n) is 6.88. The standard InChI is InChI=1S/C12H18N6O3/c1-2-13-12-15-7-9(18(20)21)11(16-12)14-8-10(19)17-5-3-4-6-17/h7H,2-6,8H2,1H3,(H2,13,14,15,16). The summed E-state index contributed by atoms with van der Waals surface area (Å²) in [6.07, 6.45) is 3.14. The molecule has 2 rings (SSSR count). The van der Waals surface area contributed by atoms with Crippen LogP contribution >= 0.6 is 0 Å². The first-order valence-corrected chi connectivity index (χ1v) is 6.88. The van der Waals surface area contributed by atoms with Gasteiger partial charge < -0.3 is 15.5 Å². The molecule has 0 aliphatic carbocycles. The molecule has 114 valence electrons. The molecule has 1 saturated heterocycles. The van der Waals surface area contributed by atoms with Gasteiger partial charge in [-0.2, -0.15) is 4.98 Å². The number of amides is 1. The lowest BCUT2D eigenvalue weighted by molar-refractivity contribution is -0.384. The van der Waals surface area contributed by atoms with Crippen LogP contribution in [0.5, 0.6) is 0 Å². The highest BCUT2D eigenvalue weighted by Gasteiger charge is 2.21. The van der Waals surface area contributed by atoms with E-state index in [2.05, 4.69) is 20.6 Å². The molecule has 0 unspecified atom stereocenters. The molecule has 2 heterocycles. The molecule has 9 heteroatoms. The summed E-state index contributed by atoms with van der Waals surface area (Å²) in [4.78, 5) is 32.0. The fraction of sp³-hybridized carbons (Fsp3) is 0.583. The van der Waals surface area contributed by atoms with E-state index in [0.29, 0.717) is 12.5 Å². The topological polar surface area (TPSA) is 113 Å². The van der Waals surface area contributed by atoms with Gasteiger partial charge in [-0.15, -0.1) is 0 Å². The van der Waals surface area contributed by atoms with Gasteiger partial charge in [0.25, 0.3) is 0 Å². The maximum absolute atomic E-state index is 11.9. The first-order chi connectivity index (χ1) is 10.1. The third kappa shape index (κ3) is 3.77. The van der Waals surface area contributed by atoms with E-state index in [0.717, 1.165) is 32.1 Å². The van der Waals surface area contributed by atoms with Crippen LogP contribution in [0.2, 0.25) is 0 Å². The quantitative estimate of drug-likeness (QED) is 0.590. The first kappa shape index (κ1) is 14.9. The lowest BCUT2D eigenvalue weighted by Crippen LogP contribution is -2.33. The monoisotopic (exact) mass is 294 g/mol. The van der Waals surface area contributed by atoms with Gasteiger partial charge in [-0.1, -0.05) is 0 Å². The average Bonchev–Trinajstić information content (AvgIpc) is 2.99. The highest BCUT2D eigenvalue weighted by Crippen LogP contribution is 2.21. The Kier molecular flexibility index (Phi) is 4.85. The van der Waals surface area contributed by atoms with Crippen LogP contribution in [0.25, 0.3) is 0 Å². The van der Waals surface area contributed by atoms with Gasteiger partial charge >= 0.3 is 5.69 Å². The molecule has 1 amide bonds. The number of rotatable bonds is 6. The van der Waals surface area contributed by atoms with Crippen molar-refractivity contribution in [1.82, 2.24) is 14.9 Å². The molecular weight excluding hydrogens is 276 g/mol. The maximum Gasteiger partial charge on any atom is 0.329 e. The molecule has 9 nitrogen and oxygen atoms in total. The SMILES string of the molecule is CCNc1ncc([N+](=O)[O-])c(NCC(=O)N2CCCC2)n1. The Morgan fingerprint density at radius 2 is 2.14 bits per heavy atom. The summed E-state index contributed by atoms with van der Waals surface area (Å²) in [5, 5.41) is 16.6. The zero-order valence-corrected chi connectivity index (χ0v) is 11.8. The Bertz CT molecular complexity index is 530. The highest BCUT2D eigenvalue weighted by atomic mass is 16.6. The van der Waals surface area contributed by atoms with Crippen molar-refractivity contribution in [2.24, 2.45) is 0 Å². The zero-order valence-electron chi connectivity index (χ0n) is 11.8. The van der Waals surface area contributed by atoms with E-state index in [9.17, 15) is 14.9 Å². The summed E-state index contributed by atoms with van der Waals surface area (Å²) in [7, 11) is 0. The van der Waals surface area contributed by atoms with Gasteiger partial charge in [-0.05, 0) is 19.8 Å². The molecule has 0 radical (unpaired) electrons. The molecular formula is C12H18N6O3. The number of likely N-dealkylation sites (tertiary alicyclic amines) is 1. The van der Waals surface area contributed by atoms with Gasteiger partial charge in [-0.25, -0.2) is 4.98 Å². The second-order valence-corrected chi connectivity index (χ2v) is 4.66. The van der Waals surface area contributed by atoms with Crippen LogP contribution in [0.1, 0.15) is 19.8 Å². The molecule has 0 saturated carbocycles. The molecule has 0 atom stereocenters.